The minimum atomic E-state index is -3.27. The maximum absolute atomic E-state index is 12.6. The molecule has 0 spiro atoms. The summed E-state index contributed by atoms with van der Waals surface area (Å²) in [5.41, 5.74) is 1.88. The lowest BCUT2D eigenvalue weighted by atomic mass is 9.98. The Bertz CT molecular complexity index is 1260. The molecule has 1 fully saturated rings. The molecule has 1 saturated heterocycles. The molecule has 1 aliphatic heterocycles. The number of sulfonamides is 1. The van der Waals surface area contributed by atoms with Crippen molar-refractivity contribution in [2.24, 2.45) is 0 Å². The number of piperidine rings is 1. The van der Waals surface area contributed by atoms with E-state index in [1.165, 1.54) is 27.9 Å². The molecule has 2 heterocycles. The monoisotopic (exact) mass is 529 g/mol. The van der Waals surface area contributed by atoms with Crippen LogP contribution in [0, 0.1) is 0 Å². The van der Waals surface area contributed by atoms with Gasteiger partial charge in [-0.15, -0.1) is 10.2 Å². The van der Waals surface area contributed by atoms with Gasteiger partial charge in [0.15, 0.2) is 5.16 Å². The highest BCUT2D eigenvalue weighted by molar-refractivity contribution is 7.99. The van der Waals surface area contributed by atoms with E-state index in [1.807, 2.05) is 18.2 Å². The van der Waals surface area contributed by atoms with Gasteiger partial charge in [0.1, 0.15) is 11.6 Å². The number of ether oxygens (including phenoxy) is 1. The molecular weight excluding hydrogens is 498 g/mol. The smallest absolute Gasteiger partial charge is 0.234 e. The van der Waals surface area contributed by atoms with Crippen LogP contribution in [0.2, 0.25) is 0 Å². The van der Waals surface area contributed by atoms with E-state index in [2.05, 4.69) is 32.2 Å². The summed E-state index contributed by atoms with van der Waals surface area (Å²) in [7, 11) is -1.68. The van der Waals surface area contributed by atoms with Crippen molar-refractivity contribution >= 4 is 33.4 Å². The number of hydrogen-bond donors (Lipinski definition) is 1. The Labute approximate surface area is 216 Å². The molecule has 0 bridgehead atoms. The van der Waals surface area contributed by atoms with Gasteiger partial charge in [-0.05, 0) is 49.1 Å². The maximum Gasteiger partial charge on any atom is 0.234 e. The van der Waals surface area contributed by atoms with Crippen molar-refractivity contribution in [1.29, 1.82) is 0 Å². The highest BCUT2D eigenvalue weighted by atomic mass is 32.2. The molecule has 36 heavy (non-hydrogen) atoms. The Morgan fingerprint density at radius 2 is 1.89 bits per heavy atom. The lowest BCUT2D eigenvalue weighted by molar-refractivity contribution is -0.113. The molecule has 0 saturated carbocycles. The molecule has 11 heteroatoms. The second-order valence-corrected chi connectivity index (χ2v) is 11.7. The van der Waals surface area contributed by atoms with Crippen molar-refractivity contribution in [3.05, 3.63) is 66.0 Å². The number of hydrogen-bond acceptors (Lipinski definition) is 7. The highest BCUT2D eigenvalue weighted by Gasteiger charge is 2.30. The molecule has 9 nitrogen and oxygen atoms in total. The molecule has 1 amide bonds. The van der Waals surface area contributed by atoms with Gasteiger partial charge in [-0.2, -0.15) is 0 Å². The van der Waals surface area contributed by atoms with Crippen LogP contribution in [-0.4, -0.2) is 65.6 Å². The second-order valence-electron chi connectivity index (χ2n) is 8.75. The standard InChI is InChI=1S/C25H31N5O4S2/c1-34-22-12-10-21(11-13-22)26-23(31)18-35-25-28-27-24(20-9-6-15-29(17-20)36(2,32)33)30(25)16-14-19-7-4-3-5-8-19/h3-5,7-8,10-13,20H,6,9,14-18H2,1-2H3,(H,26,31)/t20-/m1/s1. The number of thioether (sulfide) groups is 1. The van der Waals surface area contributed by atoms with Crippen molar-refractivity contribution in [1.82, 2.24) is 19.1 Å². The van der Waals surface area contributed by atoms with E-state index >= 15 is 0 Å². The van der Waals surface area contributed by atoms with Gasteiger partial charge in [-0.1, -0.05) is 42.1 Å². The molecule has 1 atom stereocenters. The van der Waals surface area contributed by atoms with E-state index in [4.69, 9.17) is 4.74 Å². The van der Waals surface area contributed by atoms with E-state index in [-0.39, 0.29) is 17.6 Å². The lowest BCUT2D eigenvalue weighted by Crippen LogP contribution is -2.39. The summed E-state index contributed by atoms with van der Waals surface area (Å²) in [6.45, 7) is 1.57. The molecule has 3 aromatic rings. The SMILES string of the molecule is COc1ccc(NC(=O)CSc2nnc([C@@H]3CCCN(S(C)(=O)=O)C3)n2CCc2ccccc2)cc1. The van der Waals surface area contributed by atoms with Gasteiger partial charge in [0.2, 0.25) is 15.9 Å². The second kappa shape index (κ2) is 11.9. The number of rotatable bonds is 10. The minimum Gasteiger partial charge on any atom is -0.497 e. The van der Waals surface area contributed by atoms with Gasteiger partial charge in [-0.25, -0.2) is 12.7 Å². The fourth-order valence-electron chi connectivity index (χ4n) is 4.26. The molecule has 1 aliphatic rings. The summed E-state index contributed by atoms with van der Waals surface area (Å²) in [5.74, 6) is 1.48. The molecule has 0 aliphatic carbocycles. The third-order valence-electron chi connectivity index (χ3n) is 6.14. The summed E-state index contributed by atoms with van der Waals surface area (Å²) < 4.78 is 33.0. The fraction of sp³-hybridized carbons (Fsp3) is 0.400. The summed E-state index contributed by atoms with van der Waals surface area (Å²) in [4.78, 5) is 12.6. The van der Waals surface area contributed by atoms with Crippen LogP contribution < -0.4 is 10.1 Å². The number of aryl methyl sites for hydroxylation is 1. The molecule has 0 unspecified atom stereocenters. The Balaban J connectivity index is 1.48. The number of methoxy groups -OCH3 is 1. The largest absolute Gasteiger partial charge is 0.497 e. The number of benzene rings is 2. The Hall–Kier alpha value is -2.89. The summed E-state index contributed by atoms with van der Waals surface area (Å²) >= 11 is 1.33. The van der Waals surface area contributed by atoms with Crippen LogP contribution in [0.15, 0.2) is 59.8 Å². The maximum atomic E-state index is 12.6. The zero-order valence-electron chi connectivity index (χ0n) is 20.5. The number of carbonyl (C=O) groups excluding carboxylic acids is 1. The topological polar surface area (TPSA) is 106 Å². The van der Waals surface area contributed by atoms with Gasteiger partial charge >= 0.3 is 0 Å². The number of carbonyl (C=O) groups is 1. The Morgan fingerprint density at radius 1 is 1.14 bits per heavy atom. The van der Waals surface area contributed by atoms with Crippen LogP contribution in [0.4, 0.5) is 5.69 Å². The van der Waals surface area contributed by atoms with Crippen molar-refractivity contribution in [2.45, 2.75) is 36.9 Å². The van der Waals surface area contributed by atoms with Crippen LogP contribution in [0.3, 0.4) is 0 Å². The molecule has 4 rings (SSSR count). The summed E-state index contributed by atoms with van der Waals surface area (Å²) in [6.07, 6.45) is 3.65. The van der Waals surface area contributed by atoms with Crippen molar-refractivity contribution in [3.8, 4) is 5.75 Å². The molecule has 1 aromatic heterocycles. The van der Waals surface area contributed by atoms with Crippen LogP contribution in [0.25, 0.3) is 0 Å². The molecule has 2 aromatic carbocycles. The van der Waals surface area contributed by atoms with Crippen LogP contribution >= 0.6 is 11.8 Å². The first kappa shape index (κ1) is 26.2. The van der Waals surface area contributed by atoms with Gasteiger partial charge in [0.25, 0.3) is 0 Å². The summed E-state index contributed by atoms with van der Waals surface area (Å²) in [5, 5.41) is 12.4. The van der Waals surface area contributed by atoms with Gasteiger partial charge < -0.3 is 14.6 Å². The molecule has 1 N–H and O–H groups in total. The van der Waals surface area contributed by atoms with Crippen molar-refractivity contribution in [2.75, 3.05) is 37.5 Å². The number of nitrogens with one attached hydrogen (secondary N) is 1. The third-order valence-corrected chi connectivity index (χ3v) is 8.37. The zero-order chi connectivity index (χ0) is 25.5. The minimum absolute atomic E-state index is 0.0424. The Kier molecular flexibility index (Phi) is 8.65. The quantitative estimate of drug-likeness (QED) is 0.401. The van der Waals surface area contributed by atoms with Crippen LogP contribution in [0.1, 0.15) is 30.1 Å². The van der Waals surface area contributed by atoms with Gasteiger partial charge in [-0.3, -0.25) is 4.79 Å². The highest BCUT2D eigenvalue weighted by Crippen LogP contribution is 2.30. The van der Waals surface area contributed by atoms with Gasteiger partial charge in [0, 0.05) is 31.2 Å². The third kappa shape index (κ3) is 6.86. The first-order chi connectivity index (χ1) is 17.3. The van der Waals surface area contributed by atoms with Crippen molar-refractivity contribution < 1.29 is 17.9 Å². The molecule has 0 radical (unpaired) electrons. The molecular formula is C25H31N5O4S2. The van der Waals surface area contributed by atoms with Crippen molar-refractivity contribution in [3.63, 3.8) is 0 Å². The van der Waals surface area contributed by atoms with Crippen LogP contribution in [-0.2, 0) is 27.8 Å². The Morgan fingerprint density at radius 3 is 2.58 bits per heavy atom. The summed E-state index contributed by atoms with van der Waals surface area (Å²) in [6, 6.07) is 17.3. The van der Waals surface area contributed by atoms with E-state index in [1.54, 1.807) is 31.4 Å². The normalized spacial score (nSPS) is 16.6. The number of amides is 1. The van der Waals surface area contributed by atoms with E-state index in [0.717, 1.165) is 30.8 Å². The average Bonchev–Trinajstić information content (AvgIpc) is 3.29. The number of anilines is 1. The predicted octanol–water partition coefficient (Wildman–Crippen LogP) is 3.40. The van der Waals surface area contributed by atoms with E-state index in [0.29, 0.717) is 30.5 Å². The number of nitrogens with zero attached hydrogens (tertiary/aromatic N) is 4. The van der Waals surface area contributed by atoms with E-state index < -0.39 is 10.0 Å². The lowest BCUT2D eigenvalue weighted by Gasteiger charge is -2.30. The average molecular weight is 530 g/mol. The van der Waals surface area contributed by atoms with Crippen LogP contribution in [0.5, 0.6) is 5.75 Å². The fourth-order valence-corrected chi connectivity index (χ4v) is 5.94. The van der Waals surface area contributed by atoms with E-state index in [9.17, 15) is 13.2 Å². The first-order valence-corrected chi connectivity index (χ1v) is 14.7. The predicted molar refractivity (Wildman–Crippen MR) is 141 cm³/mol. The zero-order valence-corrected chi connectivity index (χ0v) is 22.1. The molecule has 192 valence electrons. The first-order valence-electron chi connectivity index (χ1n) is 11.8. The number of aromatic nitrogens is 3. The van der Waals surface area contributed by atoms with Gasteiger partial charge in [0.05, 0.1) is 19.1 Å².